The Morgan fingerprint density at radius 3 is 2.78 bits per heavy atom. The zero-order valence-corrected chi connectivity index (χ0v) is 11.4. The van der Waals surface area contributed by atoms with E-state index in [9.17, 15) is 4.79 Å². The van der Waals surface area contributed by atoms with Crippen LogP contribution in [-0.2, 0) is 4.79 Å². The molecule has 0 saturated carbocycles. The Morgan fingerprint density at radius 2 is 2.11 bits per heavy atom. The van der Waals surface area contributed by atoms with Gasteiger partial charge in [0.05, 0.1) is 10.7 Å². The predicted octanol–water partition coefficient (Wildman–Crippen LogP) is 1.95. The van der Waals surface area contributed by atoms with Gasteiger partial charge in [0, 0.05) is 13.0 Å². The first-order chi connectivity index (χ1) is 8.63. The third-order valence-electron chi connectivity index (χ3n) is 2.61. The first-order valence-electron chi connectivity index (χ1n) is 6.06. The average molecular weight is 270 g/mol. The molecule has 1 aromatic carbocycles. The lowest BCUT2D eigenvalue weighted by Gasteiger charge is -2.15. The number of nitrogens with zero attached hydrogens (tertiary/aromatic N) is 1. The van der Waals surface area contributed by atoms with Crippen LogP contribution in [0, 0.1) is 0 Å². The molecule has 0 aromatic heterocycles. The van der Waals surface area contributed by atoms with Crippen molar-refractivity contribution < 1.29 is 4.79 Å². The molecule has 100 valence electrons. The normalized spacial score (nSPS) is 10.7. The topological polar surface area (TPSA) is 58.4 Å². The van der Waals surface area contributed by atoms with Crippen LogP contribution < -0.4 is 11.1 Å². The van der Waals surface area contributed by atoms with Crippen LogP contribution in [0.4, 0.5) is 5.69 Å². The average Bonchev–Trinajstić information content (AvgIpc) is 2.36. The van der Waals surface area contributed by atoms with Crippen LogP contribution in [0.25, 0.3) is 0 Å². The summed E-state index contributed by atoms with van der Waals surface area (Å²) in [5, 5.41) is 3.36. The Labute approximate surface area is 113 Å². The highest BCUT2D eigenvalue weighted by Crippen LogP contribution is 2.20. The number of para-hydroxylation sites is 1. The standard InChI is InChI=1S/C13H20ClN3O/c1-17(9-4-8-15)10-7-13(18)16-12-6-3-2-5-11(12)14/h2-3,5-6H,4,7-10,15H2,1H3,(H,16,18). The fourth-order valence-electron chi connectivity index (χ4n) is 1.54. The molecule has 1 amide bonds. The van der Waals surface area contributed by atoms with Crippen LogP contribution in [0.3, 0.4) is 0 Å². The molecule has 1 rings (SSSR count). The van der Waals surface area contributed by atoms with Crippen molar-refractivity contribution in [1.29, 1.82) is 0 Å². The number of rotatable bonds is 7. The van der Waals surface area contributed by atoms with E-state index < -0.39 is 0 Å². The second-order valence-electron chi connectivity index (χ2n) is 4.22. The summed E-state index contributed by atoms with van der Waals surface area (Å²) in [6.07, 6.45) is 1.40. The minimum absolute atomic E-state index is 0.0253. The van der Waals surface area contributed by atoms with Crippen LogP contribution >= 0.6 is 11.6 Å². The largest absolute Gasteiger partial charge is 0.330 e. The summed E-state index contributed by atoms with van der Waals surface area (Å²) in [5.74, 6) is -0.0253. The van der Waals surface area contributed by atoms with Gasteiger partial charge in [-0.25, -0.2) is 0 Å². The number of halogens is 1. The van der Waals surface area contributed by atoms with E-state index in [2.05, 4.69) is 10.2 Å². The van der Waals surface area contributed by atoms with Crippen LogP contribution in [-0.4, -0.2) is 37.5 Å². The minimum Gasteiger partial charge on any atom is -0.330 e. The quantitative estimate of drug-likeness (QED) is 0.795. The van der Waals surface area contributed by atoms with Gasteiger partial charge in [0.15, 0.2) is 0 Å². The van der Waals surface area contributed by atoms with Crippen molar-refractivity contribution in [2.45, 2.75) is 12.8 Å². The molecule has 0 saturated heterocycles. The molecule has 0 radical (unpaired) electrons. The lowest BCUT2D eigenvalue weighted by molar-refractivity contribution is -0.116. The smallest absolute Gasteiger partial charge is 0.225 e. The molecule has 4 nitrogen and oxygen atoms in total. The van der Waals surface area contributed by atoms with Crippen molar-refractivity contribution in [2.75, 3.05) is 32.0 Å². The number of hydrogen-bond acceptors (Lipinski definition) is 3. The van der Waals surface area contributed by atoms with Gasteiger partial charge in [-0.15, -0.1) is 0 Å². The lowest BCUT2D eigenvalue weighted by atomic mass is 10.3. The van der Waals surface area contributed by atoms with Gasteiger partial charge in [0.25, 0.3) is 0 Å². The number of nitrogens with one attached hydrogen (secondary N) is 1. The molecule has 1 aromatic rings. The van der Waals surface area contributed by atoms with Gasteiger partial charge in [0.2, 0.25) is 5.91 Å². The zero-order valence-electron chi connectivity index (χ0n) is 10.7. The SMILES string of the molecule is CN(CCCN)CCC(=O)Nc1ccccc1Cl. The Bertz CT molecular complexity index is 384. The summed E-state index contributed by atoms with van der Waals surface area (Å²) in [7, 11) is 1.98. The zero-order chi connectivity index (χ0) is 13.4. The molecule has 0 aliphatic rings. The molecule has 0 fully saturated rings. The van der Waals surface area contributed by atoms with E-state index in [4.69, 9.17) is 17.3 Å². The first kappa shape index (κ1) is 15.0. The Balaban J connectivity index is 2.32. The third kappa shape index (κ3) is 5.49. The van der Waals surface area contributed by atoms with Crippen LogP contribution in [0.5, 0.6) is 0 Å². The molecule has 0 aliphatic heterocycles. The first-order valence-corrected chi connectivity index (χ1v) is 6.44. The number of hydrogen-bond donors (Lipinski definition) is 2. The molecule has 0 aliphatic carbocycles. The molecule has 5 heteroatoms. The van der Waals surface area contributed by atoms with Gasteiger partial charge in [-0.1, -0.05) is 23.7 Å². The van der Waals surface area contributed by atoms with Gasteiger partial charge in [-0.3, -0.25) is 4.79 Å². The van der Waals surface area contributed by atoms with E-state index in [0.717, 1.165) is 19.5 Å². The second kappa shape index (κ2) is 8.08. The molecule has 0 heterocycles. The van der Waals surface area contributed by atoms with Gasteiger partial charge in [-0.05, 0) is 38.7 Å². The van der Waals surface area contributed by atoms with E-state index in [1.54, 1.807) is 12.1 Å². The summed E-state index contributed by atoms with van der Waals surface area (Å²) in [4.78, 5) is 13.8. The minimum atomic E-state index is -0.0253. The summed E-state index contributed by atoms with van der Waals surface area (Å²) in [6.45, 7) is 2.31. The number of carbonyl (C=O) groups excluding carboxylic acids is 1. The summed E-state index contributed by atoms with van der Waals surface area (Å²) in [5.41, 5.74) is 6.09. The fourth-order valence-corrected chi connectivity index (χ4v) is 1.72. The van der Waals surface area contributed by atoms with Crippen LogP contribution in [0.1, 0.15) is 12.8 Å². The number of benzene rings is 1. The highest BCUT2D eigenvalue weighted by Gasteiger charge is 2.06. The van der Waals surface area contributed by atoms with E-state index >= 15 is 0 Å². The van der Waals surface area contributed by atoms with E-state index in [-0.39, 0.29) is 5.91 Å². The van der Waals surface area contributed by atoms with Gasteiger partial charge < -0.3 is 16.0 Å². The molecule has 0 spiro atoms. The maximum atomic E-state index is 11.7. The van der Waals surface area contributed by atoms with Crippen molar-refractivity contribution in [1.82, 2.24) is 4.90 Å². The van der Waals surface area contributed by atoms with Crippen molar-refractivity contribution in [3.63, 3.8) is 0 Å². The predicted molar refractivity (Wildman–Crippen MR) is 75.9 cm³/mol. The van der Waals surface area contributed by atoms with Gasteiger partial charge in [-0.2, -0.15) is 0 Å². The molecule has 18 heavy (non-hydrogen) atoms. The molecule has 3 N–H and O–H groups in total. The highest BCUT2D eigenvalue weighted by atomic mass is 35.5. The monoisotopic (exact) mass is 269 g/mol. The van der Waals surface area contributed by atoms with Crippen molar-refractivity contribution in [3.8, 4) is 0 Å². The molecular formula is C13H20ClN3O. The number of carbonyl (C=O) groups is 1. The van der Waals surface area contributed by atoms with Crippen LogP contribution in [0.15, 0.2) is 24.3 Å². The maximum absolute atomic E-state index is 11.7. The Morgan fingerprint density at radius 1 is 1.39 bits per heavy atom. The Hall–Kier alpha value is -1.10. The third-order valence-corrected chi connectivity index (χ3v) is 2.94. The summed E-state index contributed by atoms with van der Waals surface area (Å²) < 4.78 is 0. The van der Waals surface area contributed by atoms with Crippen molar-refractivity contribution in [2.24, 2.45) is 5.73 Å². The number of nitrogens with two attached hydrogens (primary N) is 1. The molecule has 0 bridgehead atoms. The van der Waals surface area contributed by atoms with Crippen molar-refractivity contribution >= 4 is 23.2 Å². The summed E-state index contributed by atoms with van der Waals surface area (Å²) in [6, 6.07) is 7.22. The van der Waals surface area contributed by atoms with Crippen molar-refractivity contribution in [3.05, 3.63) is 29.3 Å². The van der Waals surface area contributed by atoms with Crippen LogP contribution in [0.2, 0.25) is 5.02 Å². The maximum Gasteiger partial charge on any atom is 0.225 e. The Kier molecular flexibility index (Phi) is 6.72. The number of anilines is 1. The van der Waals surface area contributed by atoms with E-state index in [0.29, 0.717) is 23.7 Å². The summed E-state index contributed by atoms with van der Waals surface area (Å²) >= 11 is 5.96. The van der Waals surface area contributed by atoms with Gasteiger partial charge >= 0.3 is 0 Å². The lowest BCUT2D eigenvalue weighted by Crippen LogP contribution is -2.26. The molecule has 0 atom stereocenters. The molecular weight excluding hydrogens is 250 g/mol. The second-order valence-corrected chi connectivity index (χ2v) is 4.63. The number of amides is 1. The van der Waals surface area contributed by atoms with E-state index in [1.165, 1.54) is 0 Å². The van der Waals surface area contributed by atoms with Gasteiger partial charge in [0.1, 0.15) is 0 Å². The highest BCUT2D eigenvalue weighted by molar-refractivity contribution is 6.33. The van der Waals surface area contributed by atoms with E-state index in [1.807, 2.05) is 19.2 Å². The molecule has 0 unspecified atom stereocenters. The fraction of sp³-hybridized carbons (Fsp3) is 0.462.